The molecule has 1 aliphatic heterocycles. The number of anilines is 2. The Bertz CT molecular complexity index is 569. The van der Waals surface area contributed by atoms with Gasteiger partial charge in [-0.25, -0.2) is 4.98 Å². The fraction of sp³-hybridized carbons (Fsp3) is 0.417. The predicted octanol–water partition coefficient (Wildman–Crippen LogP) is 2.30. The maximum absolute atomic E-state index is 5.82. The Morgan fingerprint density at radius 3 is 2.79 bits per heavy atom. The third-order valence-electron chi connectivity index (χ3n) is 3.07. The van der Waals surface area contributed by atoms with E-state index >= 15 is 0 Å². The summed E-state index contributed by atoms with van der Waals surface area (Å²) in [4.78, 5) is 6.66. The van der Waals surface area contributed by atoms with E-state index in [0.29, 0.717) is 5.13 Å². The number of nitrogen functional groups attached to an aromatic ring is 1. The molecular weight excluding hydrogens is 330 g/mol. The summed E-state index contributed by atoms with van der Waals surface area (Å²) in [6, 6.07) is 4.02. The molecule has 104 valence electrons. The number of ether oxygens (including phenoxy) is 2. The van der Waals surface area contributed by atoms with Crippen molar-refractivity contribution in [3.8, 4) is 5.75 Å². The van der Waals surface area contributed by atoms with Gasteiger partial charge in [-0.15, -0.1) is 17.0 Å². The topological polar surface area (TPSA) is 60.6 Å². The van der Waals surface area contributed by atoms with E-state index in [-0.39, 0.29) is 17.0 Å². The van der Waals surface area contributed by atoms with Gasteiger partial charge in [-0.1, -0.05) is 11.3 Å². The van der Waals surface area contributed by atoms with E-state index in [4.69, 9.17) is 15.2 Å². The fourth-order valence-corrected chi connectivity index (χ4v) is 3.10. The van der Waals surface area contributed by atoms with Gasteiger partial charge in [0.2, 0.25) is 0 Å². The number of aromatic nitrogens is 1. The van der Waals surface area contributed by atoms with Crippen LogP contribution in [0.4, 0.5) is 10.8 Å². The van der Waals surface area contributed by atoms with Gasteiger partial charge in [-0.3, -0.25) is 0 Å². The van der Waals surface area contributed by atoms with Gasteiger partial charge in [0.1, 0.15) is 11.3 Å². The maximum atomic E-state index is 5.82. The van der Waals surface area contributed by atoms with E-state index in [1.807, 2.05) is 6.07 Å². The van der Waals surface area contributed by atoms with E-state index in [9.17, 15) is 0 Å². The van der Waals surface area contributed by atoms with Crippen molar-refractivity contribution in [1.82, 2.24) is 4.98 Å². The molecule has 0 spiro atoms. The average Bonchev–Trinajstić information content (AvgIpc) is 2.80. The number of halogens is 1. The first kappa shape index (κ1) is 14.4. The van der Waals surface area contributed by atoms with Crippen molar-refractivity contribution in [2.24, 2.45) is 0 Å². The highest BCUT2D eigenvalue weighted by Gasteiger charge is 2.18. The van der Waals surface area contributed by atoms with Crippen LogP contribution in [0.3, 0.4) is 0 Å². The summed E-state index contributed by atoms with van der Waals surface area (Å²) in [7, 11) is 1.65. The number of methoxy groups -OCH3 is 1. The van der Waals surface area contributed by atoms with Crippen LogP contribution >= 0.6 is 28.3 Å². The van der Waals surface area contributed by atoms with Crippen LogP contribution in [0.5, 0.6) is 5.75 Å². The highest BCUT2D eigenvalue weighted by molar-refractivity contribution is 8.93. The number of nitrogens with zero attached hydrogens (tertiary/aromatic N) is 2. The summed E-state index contributed by atoms with van der Waals surface area (Å²) in [5, 5.41) is 0.573. The van der Waals surface area contributed by atoms with Crippen molar-refractivity contribution in [3.05, 3.63) is 12.1 Å². The van der Waals surface area contributed by atoms with Gasteiger partial charge in [-0.05, 0) is 12.1 Å². The number of thiazole rings is 1. The first-order chi connectivity index (χ1) is 8.79. The second-order valence-electron chi connectivity index (χ2n) is 4.12. The Morgan fingerprint density at radius 2 is 2.11 bits per heavy atom. The van der Waals surface area contributed by atoms with Crippen molar-refractivity contribution < 1.29 is 9.47 Å². The predicted molar refractivity (Wildman–Crippen MR) is 83.9 cm³/mol. The molecule has 0 unspecified atom stereocenters. The van der Waals surface area contributed by atoms with Gasteiger partial charge in [0, 0.05) is 13.1 Å². The Hall–Kier alpha value is -1.05. The lowest BCUT2D eigenvalue weighted by Crippen LogP contribution is -2.36. The first-order valence-electron chi connectivity index (χ1n) is 5.85. The van der Waals surface area contributed by atoms with Crippen LogP contribution in [0.25, 0.3) is 10.2 Å². The zero-order chi connectivity index (χ0) is 12.5. The zero-order valence-corrected chi connectivity index (χ0v) is 13.1. The van der Waals surface area contributed by atoms with Gasteiger partial charge >= 0.3 is 0 Å². The van der Waals surface area contributed by atoms with Crippen LogP contribution in [-0.2, 0) is 4.74 Å². The largest absolute Gasteiger partial charge is 0.494 e. The van der Waals surface area contributed by atoms with E-state index in [0.717, 1.165) is 42.3 Å². The van der Waals surface area contributed by atoms with Crippen LogP contribution in [-0.4, -0.2) is 38.4 Å². The number of rotatable bonds is 2. The van der Waals surface area contributed by atoms with Crippen molar-refractivity contribution in [1.29, 1.82) is 0 Å². The summed E-state index contributed by atoms with van der Waals surface area (Å²) in [5.74, 6) is 0.773. The minimum atomic E-state index is 0. The van der Waals surface area contributed by atoms with Crippen LogP contribution in [0.2, 0.25) is 0 Å². The first-order valence-corrected chi connectivity index (χ1v) is 6.67. The van der Waals surface area contributed by atoms with E-state index in [2.05, 4.69) is 16.0 Å². The van der Waals surface area contributed by atoms with Gasteiger partial charge in [-0.2, -0.15) is 0 Å². The molecule has 0 saturated carbocycles. The highest BCUT2D eigenvalue weighted by Crippen LogP contribution is 2.38. The van der Waals surface area contributed by atoms with Crippen LogP contribution in [0.1, 0.15) is 0 Å². The minimum absolute atomic E-state index is 0. The van der Waals surface area contributed by atoms with E-state index < -0.39 is 0 Å². The molecule has 1 fully saturated rings. The van der Waals surface area contributed by atoms with Gasteiger partial charge < -0.3 is 20.1 Å². The van der Waals surface area contributed by atoms with Crippen LogP contribution in [0.15, 0.2) is 12.1 Å². The fourth-order valence-electron chi connectivity index (χ4n) is 2.20. The van der Waals surface area contributed by atoms with E-state index in [1.54, 1.807) is 7.11 Å². The summed E-state index contributed by atoms with van der Waals surface area (Å²) in [5.41, 5.74) is 7.84. The Morgan fingerprint density at radius 1 is 1.37 bits per heavy atom. The molecule has 0 amide bonds. The molecule has 1 aromatic carbocycles. The number of fused-ring (bicyclic) bond motifs is 1. The monoisotopic (exact) mass is 345 g/mol. The van der Waals surface area contributed by atoms with Crippen molar-refractivity contribution >= 4 is 49.4 Å². The average molecular weight is 346 g/mol. The van der Waals surface area contributed by atoms with E-state index in [1.165, 1.54) is 17.0 Å². The van der Waals surface area contributed by atoms with Crippen molar-refractivity contribution in [2.45, 2.75) is 0 Å². The molecule has 2 aromatic rings. The molecule has 5 nitrogen and oxygen atoms in total. The second kappa shape index (κ2) is 5.94. The molecule has 19 heavy (non-hydrogen) atoms. The summed E-state index contributed by atoms with van der Waals surface area (Å²) in [6.07, 6.45) is 0. The number of nitrogens with two attached hydrogens (primary N) is 1. The normalized spacial score (nSPS) is 15.3. The lowest BCUT2D eigenvalue weighted by Gasteiger charge is -2.29. The summed E-state index contributed by atoms with van der Waals surface area (Å²) in [6.45, 7) is 3.34. The smallest absolute Gasteiger partial charge is 0.181 e. The minimum Gasteiger partial charge on any atom is -0.494 e. The van der Waals surface area contributed by atoms with Gasteiger partial charge in [0.15, 0.2) is 5.13 Å². The molecule has 0 bridgehead atoms. The van der Waals surface area contributed by atoms with Gasteiger partial charge in [0.25, 0.3) is 0 Å². The number of hydrogen-bond acceptors (Lipinski definition) is 6. The quantitative estimate of drug-likeness (QED) is 0.904. The second-order valence-corrected chi connectivity index (χ2v) is 5.15. The Labute approximate surface area is 126 Å². The molecule has 1 aliphatic rings. The Balaban J connectivity index is 0.00000133. The standard InChI is InChI=1S/C12H15N3O2S.BrH/c1-16-9-3-2-8(15-4-6-17-7-5-15)11-10(9)14-12(13)18-11;/h2-3H,4-7H2,1H3,(H2,13,14);1H. The molecule has 7 heteroatoms. The summed E-state index contributed by atoms with van der Waals surface area (Å²) >= 11 is 1.51. The van der Waals surface area contributed by atoms with Crippen molar-refractivity contribution in [2.75, 3.05) is 44.0 Å². The van der Waals surface area contributed by atoms with Gasteiger partial charge in [0.05, 0.1) is 30.7 Å². The molecule has 1 saturated heterocycles. The third kappa shape index (κ3) is 2.63. The third-order valence-corrected chi connectivity index (χ3v) is 3.98. The summed E-state index contributed by atoms with van der Waals surface area (Å²) < 4.78 is 11.8. The molecular formula is C12H16BrN3O2S. The Kier molecular flexibility index (Phi) is 4.49. The molecule has 2 N–H and O–H groups in total. The van der Waals surface area contributed by atoms with Crippen LogP contribution < -0.4 is 15.4 Å². The highest BCUT2D eigenvalue weighted by atomic mass is 79.9. The molecule has 0 radical (unpaired) electrons. The maximum Gasteiger partial charge on any atom is 0.181 e. The zero-order valence-electron chi connectivity index (χ0n) is 10.6. The molecule has 1 aromatic heterocycles. The SMILES string of the molecule is Br.COc1ccc(N2CCOCC2)c2sc(N)nc12. The molecule has 2 heterocycles. The lowest BCUT2D eigenvalue weighted by atomic mass is 10.2. The molecule has 0 atom stereocenters. The molecule has 3 rings (SSSR count). The molecule has 0 aliphatic carbocycles. The van der Waals surface area contributed by atoms with Crippen LogP contribution in [0, 0.1) is 0 Å². The number of benzene rings is 1. The lowest BCUT2D eigenvalue weighted by molar-refractivity contribution is 0.123. The number of hydrogen-bond donors (Lipinski definition) is 1. The van der Waals surface area contributed by atoms with Crippen molar-refractivity contribution in [3.63, 3.8) is 0 Å². The number of morpholine rings is 1.